The molecule has 0 aliphatic rings. The second-order valence-electron chi connectivity index (χ2n) is 4.86. The first-order valence-corrected chi connectivity index (χ1v) is 6.69. The maximum Gasteiger partial charge on any atom is 0.328 e. The van der Waals surface area contributed by atoms with Crippen LogP contribution in [0.1, 0.15) is 19.4 Å². The quantitative estimate of drug-likeness (QED) is 0.753. The molecule has 0 aliphatic carbocycles. The van der Waals surface area contributed by atoms with Gasteiger partial charge in [-0.2, -0.15) is 0 Å². The molecule has 0 radical (unpaired) electrons. The minimum atomic E-state index is -1.13. The molecule has 0 aliphatic heterocycles. The number of amides is 1. The van der Waals surface area contributed by atoms with E-state index in [2.05, 4.69) is 5.32 Å². The summed E-state index contributed by atoms with van der Waals surface area (Å²) in [5, 5.41) is 11.4. The minimum absolute atomic E-state index is 0.00512. The molecule has 1 rings (SSSR count). The lowest BCUT2D eigenvalue weighted by Gasteiger charge is -2.16. The fourth-order valence-electron chi connectivity index (χ4n) is 1.78. The fourth-order valence-corrected chi connectivity index (χ4v) is 1.78. The number of hydrogen-bond donors (Lipinski definition) is 2. The number of ether oxygens (including phenoxy) is 2. The number of hydrogen-bond acceptors (Lipinski definition) is 4. The van der Waals surface area contributed by atoms with E-state index in [0.717, 1.165) is 0 Å². The van der Waals surface area contributed by atoms with Gasteiger partial charge in [0.25, 0.3) is 0 Å². The van der Waals surface area contributed by atoms with Crippen molar-refractivity contribution >= 4 is 11.9 Å². The van der Waals surface area contributed by atoms with Crippen molar-refractivity contribution in [3.05, 3.63) is 29.8 Å². The highest BCUT2D eigenvalue weighted by Gasteiger charge is 2.20. The summed E-state index contributed by atoms with van der Waals surface area (Å²) < 4.78 is 10.4. The van der Waals surface area contributed by atoms with Gasteiger partial charge >= 0.3 is 5.97 Å². The van der Waals surface area contributed by atoms with E-state index in [1.165, 1.54) is 7.11 Å². The molecule has 6 heteroatoms. The summed E-state index contributed by atoms with van der Waals surface area (Å²) in [6, 6.07) is 6.14. The molecule has 116 valence electrons. The van der Waals surface area contributed by atoms with Gasteiger partial charge in [-0.1, -0.05) is 18.2 Å². The highest BCUT2D eigenvalue weighted by molar-refractivity contribution is 5.85. The summed E-state index contributed by atoms with van der Waals surface area (Å²) in [6.45, 7) is 3.72. The average Bonchev–Trinajstić information content (AvgIpc) is 2.39. The van der Waals surface area contributed by atoms with Crippen LogP contribution in [0.25, 0.3) is 0 Å². The molecule has 0 heterocycles. The van der Waals surface area contributed by atoms with Crippen LogP contribution in [-0.2, 0) is 20.7 Å². The van der Waals surface area contributed by atoms with Gasteiger partial charge in [-0.15, -0.1) is 0 Å². The molecule has 0 saturated carbocycles. The van der Waals surface area contributed by atoms with E-state index in [-0.39, 0.29) is 25.0 Å². The van der Waals surface area contributed by atoms with Gasteiger partial charge in [0, 0.05) is 12.7 Å². The van der Waals surface area contributed by atoms with Crippen molar-refractivity contribution < 1.29 is 24.2 Å². The molecule has 21 heavy (non-hydrogen) atoms. The Hall–Kier alpha value is -2.08. The van der Waals surface area contributed by atoms with E-state index >= 15 is 0 Å². The Labute approximate surface area is 124 Å². The van der Waals surface area contributed by atoms with Crippen molar-refractivity contribution in [1.29, 1.82) is 0 Å². The predicted molar refractivity (Wildman–Crippen MR) is 77.4 cm³/mol. The van der Waals surface area contributed by atoms with Gasteiger partial charge < -0.3 is 19.9 Å². The zero-order valence-electron chi connectivity index (χ0n) is 12.5. The normalized spacial score (nSPS) is 12.0. The van der Waals surface area contributed by atoms with E-state index < -0.39 is 12.0 Å². The second-order valence-corrected chi connectivity index (χ2v) is 4.86. The number of benzene rings is 1. The fraction of sp³-hybridized carbons (Fsp3) is 0.467. The maximum atomic E-state index is 12.0. The number of carboxylic acids is 1. The topological polar surface area (TPSA) is 84.9 Å². The molecule has 1 unspecified atom stereocenters. The second kappa shape index (κ2) is 8.26. The molecule has 1 atom stereocenters. The summed E-state index contributed by atoms with van der Waals surface area (Å²) in [5.41, 5.74) is 0.713. The van der Waals surface area contributed by atoms with Gasteiger partial charge in [-0.25, -0.2) is 4.79 Å². The lowest BCUT2D eigenvalue weighted by atomic mass is 10.1. The van der Waals surface area contributed by atoms with E-state index in [1.54, 1.807) is 18.2 Å². The zero-order valence-corrected chi connectivity index (χ0v) is 12.5. The molecular weight excluding hydrogens is 274 g/mol. The number of nitrogens with one attached hydrogen (secondary N) is 1. The Balaban J connectivity index is 2.72. The summed E-state index contributed by atoms with van der Waals surface area (Å²) in [5.74, 6) is -0.891. The summed E-state index contributed by atoms with van der Waals surface area (Å²) >= 11 is 0. The third-order valence-electron chi connectivity index (χ3n) is 2.65. The molecule has 0 spiro atoms. The molecule has 0 saturated heterocycles. The van der Waals surface area contributed by atoms with Gasteiger partial charge in [-0.05, 0) is 19.9 Å². The van der Waals surface area contributed by atoms with Crippen molar-refractivity contribution in [2.75, 3.05) is 13.7 Å². The molecule has 2 N–H and O–H groups in total. The van der Waals surface area contributed by atoms with Crippen LogP contribution >= 0.6 is 0 Å². The SMILES string of the molecule is COCC(NC(=O)Cc1ccccc1OC(C)C)C(=O)O. The van der Waals surface area contributed by atoms with Crippen LogP contribution in [0.5, 0.6) is 5.75 Å². The number of aliphatic carboxylic acids is 1. The number of para-hydroxylation sites is 1. The molecule has 6 nitrogen and oxygen atoms in total. The smallest absolute Gasteiger partial charge is 0.328 e. The molecule has 0 fully saturated rings. The van der Waals surface area contributed by atoms with Crippen LogP contribution in [-0.4, -0.2) is 42.8 Å². The van der Waals surface area contributed by atoms with Crippen LogP contribution in [0.15, 0.2) is 24.3 Å². The Morgan fingerprint density at radius 2 is 1.95 bits per heavy atom. The predicted octanol–water partition coefficient (Wildman–Crippen LogP) is 1.23. The molecule has 0 bridgehead atoms. The Bertz CT molecular complexity index is 487. The average molecular weight is 295 g/mol. The van der Waals surface area contributed by atoms with Crippen molar-refractivity contribution in [3.63, 3.8) is 0 Å². The third-order valence-corrected chi connectivity index (χ3v) is 2.65. The first kappa shape index (κ1) is 17.0. The lowest BCUT2D eigenvalue weighted by molar-refractivity contribution is -0.143. The Kier molecular flexibility index (Phi) is 6.68. The Morgan fingerprint density at radius 3 is 2.52 bits per heavy atom. The molecular formula is C15H21NO5. The lowest BCUT2D eigenvalue weighted by Crippen LogP contribution is -2.44. The number of carboxylic acid groups (broad SMARTS) is 1. The standard InChI is InChI=1S/C15H21NO5/c1-10(2)21-13-7-5-4-6-11(13)8-14(17)16-12(9-20-3)15(18)19/h4-7,10,12H,8-9H2,1-3H3,(H,16,17)(H,18,19). The van der Waals surface area contributed by atoms with Crippen LogP contribution in [0.4, 0.5) is 0 Å². The van der Waals surface area contributed by atoms with E-state index in [0.29, 0.717) is 11.3 Å². The Morgan fingerprint density at radius 1 is 1.29 bits per heavy atom. The zero-order chi connectivity index (χ0) is 15.8. The van der Waals surface area contributed by atoms with Crippen LogP contribution < -0.4 is 10.1 Å². The molecule has 0 aromatic heterocycles. The number of rotatable bonds is 8. The van der Waals surface area contributed by atoms with E-state index in [4.69, 9.17) is 14.6 Å². The molecule has 1 amide bonds. The highest BCUT2D eigenvalue weighted by Crippen LogP contribution is 2.19. The maximum absolute atomic E-state index is 12.0. The first-order valence-electron chi connectivity index (χ1n) is 6.69. The van der Waals surface area contributed by atoms with Crippen molar-refractivity contribution in [2.24, 2.45) is 0 Å². The van der Waals surface area contributed by atoms with Gasteiger partial charge in [0.1, 0.15) is 5.75 Å². The highest BCUT2D eigenvalue weighted by atomic mass is 16.5. The largest absolute Gasteiger partial charge is 0.491 e. The van der Waals surface area contributed by atoms with Crippen LogP contribution in [0.2, 0.25) is 0 Å². The molecule has 1 aromatic rings. The van der Waals surface area contributed by atoms with E-state index in [1.807, 2.05) is 19.9 Å². The van der Waals surface area contributed by atoms with Crippen molar-refractivity contribution in [3.8, 4) is 5.75 Å². The van der Waals surface area contributed by atoms with E-state index in [9.17, 15) is 9.59 Å². The number of carbonyl (C=O) groups is 2. The van der Waals surface area contributed by atoms with Crippen LogP contribution in [0, 0.1) is 0 Å². The van der Waals surface area contributed by atoms with Crippen LogP contribution in [0.3, 0.4) is 0 Å². The summed E-state index contributed by atoms with van der Waals surface area (Å²) in [6.07, 6.45) is 0.0469. The van der Waals surface area contributed by atoms with Crippen molar-refractivity contribution in [2.45, 2.75) is 32.4 Å². The van der Waals surface area contributed by atoms with Gasteiger partial charge in [0.15, 0.2) is 6.04 Å². The monoisotopic (exact) mass is 295 g/mol. The molecule has 1 aromatic carbocycles. The van der Waals surface area contributed by atoms with Crippen molar-refractivity contribution in [1.82, 2.24) is 5.32 Å². The third kappa shape index (κ3) is 5.83. The summed E-state index contributed by atoms with van der Waals surface area (Å²) in [7, 11) is 1.38. The minimum Gasteiger partial charge on any atom is -0.491 e. The first-order chi connectivity index (χ1) is 9.93. The van der Waals surface area contributed by atoms with Gasteiger partial charge in [0.05, 0.1) is 19.1 Å². The number of carbonyl (C=O) groups excluding carboxylic acids is 1. The van der Waals surface area contributed by atoms with Gasteiger partial charge in [0.2, 0.25) is 5.91 Å². The number of methoxy groups -OCH3 is 1. The summed E-state index contributed by atoms with van der Waals surface area (Å²) in [4.78, 5) is 22.9. The van der Waals surface area contributed by atoms with Gasteiger partial charge in [-0.3, -0.25) is 4.79 Å².